The summed E-state index contributed by atoms with van der Waals surface area (Å²) < 4.78 is 4.89. The summed E-state index contributed by atoms with van der Waals surface area (Å²) in [6.07, 6.45) is 0. The highest BCUT2D eigenvalue weighted by atomic mass is 79.9. The van der Waals surface area contributed by atoms with Gasteiger partial charge in [0, 0.05) is 29.6 Å². The Morgan fingerprint density at radius 1 is 1.44 bits per heavy atom. The summed E-state index contributed by atoms with van der Waals surface area (Å²) in [5.74, 6) is -0.147. The van der Waals surface area contributed by atoms with E-state index in [1.165, 1.54) is 36.2 Å². The van der Waals surface area contributed by atoms with Gasteiger partial charge >= 0.3 is 5.97 Å². The third-order valence-corrected chi connectivity index (χ3v) is 2.13. The van der Waals surface area contributed by atoms with E-state index in [4.69, 9.17) is 4.74 Å². The second kappa shape index (κ2) is 5.41. The van der Waals surface area contributed by atoms with Gasteiger partial charge in [0.2, 0.25) is 0 Å². The van der Waals surface area contributed by atoms with Crippen molar-refractivity contribution in [2.75, 3.05) is 0 Å². The molecule has 16 heavy (non-hydrogen) atoms. The summed E-state index contributed by atoms with van der Waals surface area (Å²) in [7, 11) is 0. The van der Waals surface area contributed by atoms with E-state index < -0.39 is 10.9 Å². The minimum atomic E-state index is -0.493. The number of esters is 1. The van der Waals surface area contributed by atoms with Crippen LogP contribution in [0.4, 0.5) is 5.69 Å². The molecule has 0 aliphatic heterocycles. The van der Waals surface area contributed by atoms with Crippen LogP contribution in [-0.2, 0) is 9.53 Å². The summed E-state index contributed by atoms with van der Waals surface area (Å²) in [5.41, 5.74) is 0.568. The zero-order chi connectivity index (χ0) is 12.1. The predicted molar refractivity (Wildman–Crippen MR) is 61.8 cm³/mol. The fourth-order valence-electron chi connectivity index (χ4n) is 1.05. The van der Waals surface area contributed by atoms with Crippen molar-refractivity contribution in [2.24, 2.45) is 0 Å². The number of benzene rings is 1. The summed E-state index contributed by atoms with van der Waals surface area (Å²) in [6, 6.07) is 5.70. The van der Waals surface area contributed by atoms with Gasteiger partial charge in [-0.3, -0.25) is 14.9 Å². The van der Waals surface area contributed by atoms with Gasteiger partial charge in [-0.2, -0.15) is 0 Å². The van der Waals surface area contributed by atoms with Crippen LogP contribution in [0, 0.1) is 10.1 Å². The number of hydrogen-bond acceptors (Lipinski definition) is 4. The highest BCUT2D eigenvalue weighted by molar-refractivity contribution is 9.11. The molecule has 0 amide bonds. The van der Waals surface area contributed by atoms with Crippen molar-refractivity contribution in [3.8, 4) is 0 Å². The molecular weight excluding hydrogens is 278 g/mol. The van der Waals surface area contributed by atoms with Crippen LogP contribution in [0.25, 0.3) is 5.76 Å². The van der Waals surface area contributed by atoms with Crippen molar-refractivity contribution in [1.82, 2.24) is 0 Å². The Bertz CT molecular complexity index is 439. The van der Waals surface area contributed by atoms with E-state index >= 15 is 0 Å². The molecule has 1 aromatic rings. The molecule has 0 aliphatic rings. The lowest BCUT2D eigenvalue weighted by molar-refractivity contribution is -0.384. The second-order valence-corrected chi connectivity index (χ2v) is 3.33. The number of non-ortho nitro benzene ring substituents is 1. The number of carbonyl (C=O) groups excluding carboxylic acids is 1. The van der Waals surface area contributed by atoms with Gasteiger partial charge in [0.05, 0.1) is 4.92 Å². The van der Waals surface area contributed by atoms with Crippen molar-refractivity contribution < 1.29 is 14.5 Å². The first-order chi connectivity index (χ1) is 7.54. The van der Waals surface area contributed by atoms with Crippen molar-refractivity contribution in [2.45, 2.75) is 6.92 Å². The number of nitro benzene ring substituents is 1. The molecule has 0 atom stereocenters. The van der Waals surface area contributed by atoms with E-state index in [1.807, 2.05) is 0 Å². The maximum Gasteiger partial charge on any atom is 0.308 e. The molecule has 1 rings (SSSR count). The van der Waals surface area contributed by atoms with E-state index in [0.29, 0.717) is 11.3 Å². The molecule has 84 valence electrons. The minimum Gasteiger partial charge on any atom is -0.426 e. The monoisotopic (exact) mass is 285 g/mol. The van der Waals surface area contributed by atoms with Gasteiger partial charge in [-0.25, -0.2) is 0 Å². The van der Waals surface area contributed by atoms with Gasteiger partial charge in [0.1, 0.15) is 5.76 Å². The molecule has 0 spiro atoms. The van der Waals surface area contributed by atoms with Gasteiger partial charge < -0.3 is 4.74 Å². The molecule has 0 saturated carbocycles. The Kier molecular flexibility index (Phi) is 4.19. The zero-order valence-electron chi connectivity index (χ0n) is 8.34. The summed E-state index contributed by atoms with van der Waals surface area (Å²) in [5, 5.41) is 10.4. The normalized spacial score (nSPS) is 11.0. The standard InChI is InChI=1S/C10H8BrNO4/c1-7(13)16-10(6-11)8-2-4-9(5-3-8)12(14)15/h2-6H,1H3/b10-6-. The fourth-order valence-corrected chi connectivity index (χ4v) is 1.40. The largest absolute Gasteiger partial charge is 0.426 e. The maximum atomic E-state index is 10.8. The average molecular weight is 286 g/mol. The quantitative estimate of drug-likeness (QED) is 0.371. The highest BCUT2D eigenvalue weighted by Crippen LogP contribution is 2.20. The van der Waals surface area contributed by atoms with Crippen molar-refractivity contribution in [1.29, 1.82) is 0 Å². The lowest BCUT2D eigenvalue weighted by Gasteiger charge is -2.05. The number of carbonyl (C=O) groups is 1. The van der Waals surface area contributed by atoms with Gasteiger partial charge in [0.25, 0.3) is 5.69 Å². The van der Waals surface area contributed by atoms with Gasteiger partial charge in [-0.1, -0.05) is 15.9 Å². The Morgan fingerprint density at radius 2 is 2.00 bits per heavy atom. The van der Waals surface area contributed by atoms with Gasteiger partial charge in [-0.05, 0) is 12.1 Å². The van der Waals surface area contributed by atoms with Crippen LogP contribution < -0.4 is 0 Å². The Labute approximate surface area is 100.0 Å². The lowest BCUT2D eigenvalue weighted by Crippen LogP contribution is -1.98. The predicted octanol–water partition coefficient (Wildman–Crippen LogP) is 2.85. The summed E-state index contributed by atoms with van der Waals surface area (Å²) >= 11 is 3.06. The number of hydrogen-bond donors (Lipinski definition) is 0. The first-order valence-corrected chi connectivity index (χ1v) is 5.20. The second-order valence-electron chi connectivity index (χ2n) is 2.87. The van der Waals surface area contributed by atoms with Crippen molar-refractivity contribution >= 4 is 33.3 Å². The van der Waals surface area contributed by atoms with E-state index in [2.05, 4.69) is 15.9 Å². The lowest BCUT2D eigenvalue weighted by atomic mass is 10.2. The number of ether oxygens (including phenoxy) is 1. The molecular formula is C10H8BrNO4. The molecule has 0 radical (unpaired) electrons. The van der Waals surface area contributed by atoms with Gasteiger partial charge in [-0.15, -0.1) is 0 Å². The molecule has 6 heteroatoms. The van der Waals surface area contributed by atoms with E-state index in [9.17, 15) is 14.9 Å². The Morgan fingerprint density at radius 3 is 2.38 bits per heavy atom. The van der Waals surface area contributed by atoms with Gasteiger partial charge in [0.15, 0.2) is 0 Å². The molecule has 0 bridgehead atoms. The van der Waals surface area contributed by atoms with Crippen LogP contribution in [-0.4, -0.2) is 10.9 Å². The smallest absolute Gasteiger partial charge is 0.308 e. The molecule has 0 aromatic heterocycles. The molecule has 0 fully saturated rings. The zero-order valence-corrected chi connectivity index (χ0v) is 9.93. The average Bonchev–Trinajstić information content (AvgIpc) is 2.25. The molecule has 0 aliphatic carbocycles. The number of rotatable bonds is 3. The Hall–Kier alpha value is -1.69. The SMILES string of the molecule is CC(=O)O/C(=C\Br)c1ccc([N+](=O)[O-])cc1. The molecule has 5 nitrogen and oxygen atoms in total. The van der Waals surface area contributed by atoms with E-state index in [1.54, 1.807) is 0 Å². The van der Waals surface area contributed by atoms with Crippen LogP contribution in [0.1, 0.15) is 12.5 Å². The topological polar surface area (TPSA) is 69.4 Å². The third-order valence-electron chi connectivity index (χ3n) is 1.72. The highest BCUT2D eigenvalue weighted by Gasteiger charge is 2.08. The molecule has 1 aromatic carbocycles. The van der Waals surface area contributed by atoms with Crippen LogP contribution in [0.15, 0.2) is 29.3 Å². The first kappa shape index (κ1) is 12.4. The van der Waals surface area contributed by atoms with Crippen LogP contribution >= 0.6 is 15.9 Å². The maximum absolute atomic E-state index is 10.8. The molecule has 0 heterocycles. The van der Waals surface area contributed by atoms with E-state index in [-0.39, 0.29) is 5.69 Å². The number of nitro groups is 1. The Balaban J connectivity index is 2.96. The fraction of sp³-hybridized carbons (Fsp3) is 0.100. The molecule has 0 saturated heterocycles. The van der Waals surface area contributed by atoms with Crippen molar-refractivity contribution in [3.05, 3.63) is 44.9 Å². The molecule has 0 unspecified atom stereocenters. The summed E-state index contributed by atoms with van der Waals surface area (Å²) in [6.45, 7) is 1.28. The number of nitrogens with zero attached hydrogens (tertiary/aromatic N) is 1. The van der Waals surface area contributed by atoms with Crippen LogP contribution in [0.5, 0.6) is 0 Å². The third kappa shape index (κ3) is 3.16. The van der Waals surface area contributed by atoms with E-state index in [0.717, 1.165) is 0 Å². The number of halogens is 1. The van der Waals surface area contributed by atoms with Crippen LogP contribution in [0.2, 0.25) is 0 Å². The minimum absolute atomic E-state index is 0.0134. The molecule has 0 N–H and O–H groups in total. The van der Waals surface area contributed by atoms with Crippen molar-refractivity contribution in [3.63, 3.8) is 0 Å². The first-order valence-electron chi connectivity index (χ1n) is 4.28. The summed E-state index contributed by atoms with van der Waals surface area (Å²) in [4.78, 5) is 22.1. The van der Waals surface area contributed by atoms with Crippen LogP contribution in [0.3, 0.4) is 0 Å².